The number of amides is 1. The first-order valence-electron chi connectivity index (χ1n) is 8.08. The van der Waals surface area contributed by atoms with Crippen LogP contribution in [0.25, 0.3) is 0 Å². The first-order chi connectivity index (χ1) is 12.8. The molecular formula is C17H17F2N3O4S. The summed E-state index contributed by atoms with van der Waals surface area (Å²) in [5.41, 5.74) is 0.271. The summed E-state index contributed by atoms with van der Waals surface area (Å²) in [6.07, 6.45) is 1.49. The summed E-state index contributed by atoms with van der Waals surface area (Å²) in [6.45, 7) is 0.138. The summed E-state index contributed by atoms with van der Waals surface area (Å²) in [4.78, 5) is 17.4. The lowest BCUT2D eigenvalue weighted by Gasteiger charge is -2.34. The molecule has 0 bridgehead atoms. The molecule has 1 fully saturated rings. The summed E-state index contributed by atoms with van der Waals surface area (Å²) in [7, 11) is -2.80. The Morgan fingerprint density at radius 1 is 1.15 bits per heavy atom. The normalized spacial score (nSPS) is 15.6. The van der Waals surface area contributed by atoms with Crippen LogP contribution in [0.4, 0.5) is 8.78 Å². The van der Waals surface area contributed by atoms with Crippen LogP contribution in [0.5, 0.6) is 5.88 Å². The van der Waals surface area contributed by atoms with Crippen LogP contribution in [-0.4, -0.2) is 61.8 Å². The number of halogens is 2. The van der Waals surface area contributed by atoms with E-state index >= 15 is 0 Å². The third kappa shape index (κ3) is 3.76. The summed E-state index contributed by atoms with van der Waals surface area (Å²) >= 11 is 0. The number of piperazine rings is 1. The molecule has 0 spiro atoms. The van der Waals surface area contributed by atoms with Crippen LogP contribution < -0.4 is 4.74 Å². The van der Waals surface area contributed by atoms with E-state index in [4.69, 9.17) is 4.74 Å². The van der Waals surface area contributed by atoms with Gasteiger partial charge in [-0.2, -0.15) is 4.31 Å². The summed E-state index contributed by atoms with van der Waals surface area (Å²) < 4.78 is 58.5. The number of sulfonamides is 1. The van der Waals surface area contributed by atoms with E-state index in [1.54, 1.807) is 12.1 Å². The Hall–Kier alpha value is -2.59. The molecule has 2 heterocycles. The first-order valence-corrected chi connectivity index (χ1v) is 9.52. The van der Waals surface area contributed by atoms with Gasteiger partial charge in [0.2, 0.25) is 15.9 Å². The minimum atomic E-state index is -4.20. The number of rotatable bonds is 4. The Kier molecular flexibility index (Phi) is 5.38. The minimum Gasteiger partial charge on any atom is -0.480 e. The molecule has 1 amide bonds. The van der Waals surface area contributed by atoms with E-state index < -0.39 is 26.6 Å². The van der Waals surface area contributed by atoms with Crippen LogP contribution in [0.3, 0.4) is 0 Å². The fourth-order valence-electron chi connectivity index (χ4n) is 2.83. The number of nitrogens with zero attached hydrogens (tertiary/aromatic N) is 3. The van der Waals surface area contributed by atoms with Crippen molar-refractivity contribution in [1.82, 2.24) is 14.2 Å². The monoisotopic (exact) mass is 397 g/mol. The predicted octanol–water partition coefficient (Wildman–Crippen LogP) is 1.52. The maximum atomic E-state index is 13.9. The van der Waals surface area contributed by atoms with Gasteiger partial charge in [-0.15, -0.1) is 0 Å². The Morgan fingerprint density at radius 2 is 1.85 bits per heavy atom. The van der Waals surface area contributed by atoms with Gasteiger partial charge in [0.1, 0.15) is 22.1 Å². The Morgan fingerprint density at radius 3 is 2.52 bits per heavy atom. The van der Waals surface area contributed by atoms with Crippen molar-refractivity contribution in [3.8, 4) is 5.88 Å². The highest BCUT2D eigenvalue weighted by atomic mass is 32.2. The van der Waals surface area contributed by atoms with Crippen LogP contribution in [0.1, 0.15) is 10.4 Å². The second-order valence-corrected chi connectivity index (χ2v) is 7.74. The molecule has 10 heteroatoms. The van der Waals surface area contributed by atoms with E-state index in [0.717, 1.165) is 16.4 Å². The van der Waals surface area contributed by atoms with Crippen molar-refractivity contribution in [3.05, 3.63) is 53.7 Å². The highest BCUT2D eigenvalue weighted by molar-refractivity contribution is 7.89. The topological polar surface area (TPSA) is 79.8 Å². The zero-order chi connectivity index (χ0) is 19.6. The van der Waals surface area contributed by atoms with Crippen molar-refractivity contribution in [2.45, 2.75) is 4.90 Å². The van der Waals surface area contributed by atoms with Crippen molar-refractivity contribution in [2.24, 2.45) is 0 Å². The molecule has 1 aromatic carbocycles. The Bertz CT molecular complexity index is 960. The van der Waals surface area contributed by atoms with E-state index in [1.807, 2.05) is 0 Å². The maximum Gasteiger partial charge on any atom is 0.259 e. The molecule has 0 aliphatic carbocycles. The Balaban J connectivity index is 1.75. The molecule has 1 aliphatic heterocycles. The zero-order valence-corrected chi connectivity index (χ0v) is 15.2. The number of hydrogen-bond acceptors (Lipinski definition) is 5. The van der Waals surface area contributed by atoms with Gasteiger partial charge in [0.05, 0.1) is 7.11 Å². The molecule has 3 rings (SSSR count). The van der Waals surface area contributed by atoms with Gasteiger partial charge in [-0.3, -0.25) is 4.79 Å². The van der Waals surface area contributed by atoms with Gasteiger partial charge < -0.3 is 9.64 Å². The average molecular weight is 397 g/mol. The number of pyridine rings is 1. The van der Waals surface area contributed by atoms with Gasteiger partial charge in [-0.1, -0.05) is 0 Å². The lowest BCUT2D eigenvalue weighted by atomic mass is 10.2. The van der Waals surface area contributed by atoms with Crippen LogP contribution in [-0.2, 0) is 10.0 Å². The summed E-state index contributed by atoms with van der Waals surface area (Å²) in [6, 6.07) is 5.45. The number of carbonyl (C=O) groups excluding carboxylic acids is 1. The molecule has 2 aromatic rings. The quantitative estimate of drug-likeness (QED) is 0.782. The van der Waals surface area contributed by atoms with Gasteiger partial charge in [-0.05, 0) is 30.3 Å². The van der Waals surface area contributed by atoms with E-state index in [0.29, 0.717) is 6.07 Å². The average Bonchev–Trinajstić information content (AvgIpc) is 2.69. The molecule has 1 aliphatic rings. The number of benzene rings is 1. The standard InChI is InChI=1S/C17H17F2N3O4S/c1-26-16-13(3-2-6-20-16)17(23)21-7-9-22(10-8-21)27(24,25)15-11-12(18)4-5-14(15)19/h2-6,11H,7-10H2,1H3. The van der Waals surface area contributed by atoms with Crippen molar-refractivity contribution in [2.75, 3.05) is 33.3 Å². The summed E-state index contributed by atoms with van der Waals surface area (Å²) in [5, 5.41) is 0. The number of aromatic nitrogens is 1. The zero-order valence-electron chi connectivity index (χ0n) is 14.4. The van der Waals surface area contributed by atoms with Crippen molar-refractivity contribution in [3.63, 3.8) is 0 Å². The molecule has 1 saturated heterocycles. The second-order valence-electron chi connectivity index (χ2n) is 5.83. The molecule has 144 valence electrons. The SMILES string of the molecule is COc1ncccc1C(=O)N1CCN(S(=O)(=O)c2cc(F)ccc2F)CC1. The van der Waals surface area contributed by atoms with Crippen LogP contribution >= 0.6 is 0 Å². The van der Waals surface area contributed by atoms with Crippen LogP contribution in [0.15, 0.2) is 41.4 Å². The van der Waals surface area contributed by atoms with Gasteiger partial charge in [0.15, 0.2) is 0 Å². The highest BCUT2D eigenvalue weighted by Gasteiger charge is 2.33. The third-order valence-electron chi connectivity index (χ3n) is 4.23. The Labute approximate surface area is 155 Å². The molecule has 1 aromatic heterocycles. The molecular weight excluding hydrogens is 380 g/mol. The van der Waals surface area contributed by atoms with E-state index in [9.17, 15) is 22.0 Å². The van der Waals surface area contributed by atoms with E-state index in [2.05, 4.69) is 4.98 Å². The molecule has 0 unspecified atom stereocenters. The molecule has 27 heavy (non-hydrogen) atoms. The number of carbonyl (C=O) groups is 1. The van der Waals surface area contributed by atoms with Gasteiger partial charge in [0, 0.05) is 32.4 Å². The number of ether oxygens (including phenoxy) is 1. The molecule has 0 radical (unpaired) electrons. The van der Waals surface area contributed by atoms with Crippen molar-refractivity contribution < 1.29 is 26.7 Å². The lowest BCUT2D eigenvalue weighted by Crippen LogP contribution is -2.50. The smallest absolute Gasteiger partial charge is 0.259 e. The predicted molar refractivity (Wildman–Crippen MR) is 91.8 cm³/mol. The minimum absolute atomic E-state index is 0.0351. The fraction of sp³-hybridized carbons (Fsp3) is 0.294. The van der Waals surface area contributed by atoms with Gasteiger partial charge >= 0.3 is 0 Å². The van der Waals surface area contributed by atoms with Crippen molar-refractivity contribution in [1.29, 1.82) is 0 Å². The highest BCUT2D eigenvalue weighted by Crippen LogP contribution is 2.23. The maximum absolute atomic E-state index is 13.9. The summed E-state index contributed by atoms with van der Waals surface area (Å²) in [5.74, 6) is -2.02. The molecule has 0 atom stereocenters. The number of hydrogen-bond donors (Lipinski definition) is 0. The van der Waals surface area contributed by atoms with Gasteiger partial charge in [0.25, 0.3) is 5.91 Å². The molecule has 0 saturated carbocycles. The third-order valence-corrected chi connectivity index (χ3v) is 6.15. The van der Waals surface area contributed by atoms with Crippen LogP contribution in [0.2, 0.25) is 0 Å². The lowest BCUT2D eigenvalue weighted by molar-refractivity contribution is 0.0693. The number of methoxy groups -OCH3 is 1. The molecule has 0 N–H and O–H groups in total. The second kappa shape index (κ2) is 7.57. The molecule has 7 nitrogen and oxygen atoms in total. The van der Waals surface area contributed by atoms with E-state index in [-0.39, 0.29) is 43.5 Å². The largest absolute Gasteiger partial charge is 0.480 e. The van der Waals surface area contributed by atoms with Gasteiger partial charge in [-0.25, -0.2) is 22.2 Å². The van der Waals surface area contributed by atoms with Crippen LogP contribution in [0, 0.1) is 11.6 Å². The van der Waals surface area contributed by atoms with Crippen molar-refractivity contribution >= 4 is 15.9 Å². The first kappa shape index (κ1) is 19.2. The fourth-order valence-corrected chi connectivity index (χ4v) is 4.33. The van der Waals surface area contributed by atoms with E-state index in [1.165, 1.54) is 18.2 Å².